The van der Waals surface area contributed by atoms with E-state index in [1.165, 1.54) is 13.2 Å². The summed E-state index contributed by atoms with van der Waals surface area (Å²) in [5.74, 6) is 0.689. The maximum Gasteiger partial charge on any atom is 0.166 e. The molecule has 2 aromatic rings. The lowest BCUT2D eigenvalue weighted by molar-refractivity contribution is 0.411. The third kappa shape index (κ3) is 2.27. The van der Waals surface area contributed by atoms with E-state index in [0.717, 1.165) is 13.0 Å². The van der Waals surface area contributed by atoms with Gasteiger partial charge in [0, 0.05) is 12.6 Å². The van der Waals surface area contributed by atoms with Crippen molar-refractivity contribution in [2.75, 3.05) is 7.11 Å². The zero-order chi connectivity index (χ0) is 12.3. The Morgan fingerprint density at radius 3 is 2.88 bits per heavy atom. The lowest BCUT2D eigenvalue weighted by atomic mass is 10.2. The zero-order valence-corrected chi connectivity index (χ0v) is 9.85. The van der Waals surface area contributed by atoms with Crippen LogP contribution in [-0.4, -0.2) is 21.9 Å². The minimum absolute atomic E-state index is 0.352. The summed E-state index contributed by atoms with van der Waals surface area (Å²) < 4.78 is 20.7. The predicted octanol–water partition coefficient (Wildman–Crippen LogP) is 2.50. The van der Waals surface area contributed by atoms with Crippen LogP contribution < -0.4 is 4.74 Å². The van der Waals surface area contributed by atoms with Crippen LogP contribution in [-0.2, 0) is 6.54 Å². The van der Waals surface area contributed by atoms with Crippen molar-refractivity contribution in [1.29, 1.82) is 0 Å². The van der Waals surface area contributed by atoms with E-state index >= 15 is 0 Å². The Morgan fingerprint density at radius 2 is 2.24 bits per heavy atom. The molecule has 0 fully saturated rings. The van der Waals surface area contributed by atoms with Crippen LogP contribution in [0.3, 0.4) is 0 Å². The summed E-state index contributed by atoms with van der Waals surface area (Å²) in [5, 5.41) is 7.77. The summed E-state index contributed by atoms with van der Waals surface area (Å²) in [7, 11) is 1.51. The van der Waals surface area contributed by atoms with E-state index in [4.69, 9.17) is 4.74 Å². The van der Waals surface area contributed by atoms with Gasteiger partial charge in [0.1, 0.15) is 17.9 Å². The fraction of sp³-hybridized carbons (Fsp3) is 0.333. The van der Waals surface area contributed by atoms with E-state index in [1.54, 1.807) is 18.5 Å². The minimum Gasteiger partial charge on any atom is -0.497 e. The van der Waals surface area contributed by atoms with Crippen molar-refractivity contribution in [2.24, 2.45) is 0 Å². The Labute approximate surface area is 99.1 Å². The van der Waals surface area contributed by atoms with Crippen molar-refractivity contribution in [2.45, 2.75) is 19.9 Å². The molecule has 0 N–H and O–H groups in total. The van der Waals surface area contributed by atoms with Crippen LogP contribution in [0, 0.1) is 5.82 Å². The number of halogens is 1. The maximum atomic E-state index is 13.9. The fourth-order valence-corrected chi connectivity index (χ4v) is 1.67. The summed E-state index contributed by atoms with van der Waals surface area (Å²) in [6, 6.07) is 4.72. The van der Waals surface area contributed by atoms with Crippen LogP contribution in [0.1, 0.15) is 13.3 Å². The zero-order valence-electron chi connectivity index (χ0n) is 9.85. The van der Waals surface area contributed by atoms with E-state index in [2.05, 4.69) is 10.2 Å². The average molecular weight is 235 g/mol. The third-order valence-electron chi connectivity index (χ3n) is 2.50. The number of aryl methyl sites for hydroxylation is 1. The second-order valence-corrected chi connectivity index (χ2v) is 3.69. The number of rotatable bonds is 4. The van der Waals surface area contributed by atoms with Gasteiger partial charge in [0.2, 0.25) is 0 Å². The molecule has 0 spiro atoms. The first kappa shape index (κ1) is 11.6. The molecule has 0 saturated carbocycles. The molecule has 0 unspecified atom stereocenters. The van der Waals surface area contributed by atoms with Crippen molar-refractivity contribution in [3.05, 3.63) is 30.3 Å². The van der Waals surface area contributed by atoms with Crippen LogP contribution in [0.15, 0.2) is 24.5 Å². The van der Waals surface area contributed by atoms with Gasteiger partial charge in [-0.3, -0.25) is 0 Å². The van der Waals surface area contributed by atoms with Crippen LogP contribution in [0.2, 0.25) is 0 Å². The number of benzene rings is 1. The summed E-state index contributed by atoms with van der Waals surface area (Å²) >= 11 is 0. The smallest absolute Gasteiger partial charge is 0.166 e. The van der Waals surface area contributed by atoms with Crippen molar-refractivity contribution < 1.29 is 9.13 Å². The highest BCUT2D eigenvalue weighted by Crippen LogP contribution is 2.24. The first-order chi connectivity index (χ1) is 8.26. The molecule has 0 bridgehead atoms. The number of hydrogen-bond donors (Lipinski definition) is 0. The van der Waals surface area contributed by atoms with Crippen molar-refractivity contribution in [3.63, 3.8) is 0 Å². The van der Waals surface area contributed by atoms with Gasteiger partial charge in [0.15, 0.2) is 5.82 Å². The molecule has 90 valence electrons. The first-order valence-corrected chi connectivity index (χ1v) is 5.48. The van der Waals surface area contributed by atoms with E-state index in [-0.39, 0.29) is 5.82 Å². The van der Waals surface area contributed by atoms with Gasteiger partial charge in [-0.15, -0.1) is 10.2 Å². The van der Waals surface area contributed by atoms with Crippen LogP contribution >= 0.6 is 0 Å². The molecule has 17 heavy (non-hydrogen) atoms. The average Bonchev–Trinajstić information content (AvgIpc) is 2.77. The Kier molecular flexibility index (Phi) is 3.37. The quantitative estimate of drug-likeness (QED) is 0.817. The Bertz CT molecular complexity index is 510. The second kappa shape index (κ2) is 4.95. The van der Waals surface area contributed by atoms with Crippen molar-refractivity contribution in [3.8, 4) is 17.1 Å². The molecule has 0 aliphatic rings. The van der Waals surface area contributed by atoms with E-state index in [1.807, 2.05) is 11.5 Å². The number of nitrogens with zero attached hydrogens (tertiary/aromatic N) is 3. The van der Waals surface area contributed by atoms with Gasteiger partial charge in [0.25, 0.3) is 0 Å². The molecule has 1 aromatic heterocycles. The Balaban J connectivity index is 2.42. The van der Waals surface area contributed by atoms with Crippen LogP contribution in [0.4, 0.5) is 4.39 Å². The largest absolute Gasteiger partial charge is 0.497 e. The number of aromatic nitrogens is 3. The molecule has 0 amide bonds. The van der Waals surface area contributed by atoms with Gasteiger partial charge < -0.3 is 9.30 Å². The molecule has 5 heteroatoms. The van der Waals surface area contributed by atoms with E-state index in [9.17, 15) is 4.39 Å². The summed E-state index contributed by atoms with van der Waals surface area (Å²) in [5.41, 5.74) is 0.441. The second-order valence-electron chi connectivity index (χ2n) is 3.69. The minimum atomic E-state index is -0.352. The van der Waals surface area contributed by atoms with Gasteiger partial charge in [0.05, 0.1) is 12.7 Å². The highest BCUT2D eigenvalue weighted by molar-refractivity contribution is 5.57. The molecular formula is C12H14FN3O. The molecule has 0 saturated heterocycles. The molecule has 0 aliphatic carbocycles. The Hall–Kier alpha value is -1.91. The number of hydrogen-bond acceptors (Lipinski definition) is 3. The fourth-order valence-electron chi connectivity index (χ4n) is 1.67. The molecule has 0 radical (unpaired) electrons. The molecular weight excluding hydrogens is 221 g/mol. The van der Waals surface area contributed by atoms with Crippen molar-refractivity contribution in [1.82, 2.24) is 14.8 Å². The van der Waals surface area contributed by atoms with Gasteiger partial charge in [-0.25, -0.2) is 4.39 Å². The molecule has 0 aliphatic heterocycles. The van der Waals surface area contributed by atoms with Gasteiger partial charge in [-0.05, 0) is 18.6 Å². The maximum absolute atomic E-state index is 13.9. The highest BCUT2D eigenvalue weighted by Gasteiger charge is 2.12. The summed E-state index contributed by atoms with van der Waals surface area (Å²) in [6.07, 6.45) is 2.56. The molecule has 0 atom stereocenters. The SMILES string of the molecule is CCCn1cnnc1-c1ccc(OC)cc1F. The highest BCUT2D eigenvalue weighted by atomic mass is 19.1. The lowest BCUT2D eigenvalue weighted by Gasteiger charge is -2.07. The molecule has 1 aromatic carbocycles. The summed E-state index contributed by atoms with van der Waals surface area (Å²) in [4.78, 5) is 0. The standard InChI is InChI=1S/C12H14FN3O/c1-3-6-16-8-14-15-12(16)10-5-4-9(17-2)7-11(10)13/h4-5,7-8H,3,6H2,1-2H3. The van der Waals surface area contributed by atoms with Crippen molar-refractivity contribution >= 4 is 0 Å². The topological polar surface area (TPSA) is 39.9 Å². The summed E-state index contributed by atoms with van der Waals surface area (Å²) in [6.45, 7) is 2.82. The molecule has 1 heterocycles. The third-order valence-corrected chi connectivity index (χ3v) is 2.50. The van der Waals surface area contributed by atoms with E-state index in [0.29, 0.717) is 17.1 Å². The predicted molar refractivity (Wildman–Crippen MR) is 62.3 cm³/mol. The molecule has 4 nitrogen and oxygen atoms in total. The monoisotopic (exact) mass is 235 g/mol. The molecule has 2 rings (SSSR count). The Morgan fingerprint density at radius 1 is 1.41 bits per heavy atom. The lowest BCUT2D eigenvalue weighted by Crippen LogP contribution is -2.00. The normalized spacial score (nSPS) is 10.5. The van der Waals surface area contributed by atoms with Gasteiger partial charge in [-0.1, -0.05) is 6.92 Å². The van der Waals surface area contributed by atoms with Crippen LogP contribution in [0.25, 0.3) is 11.4 Å². The van der Waals surface area contributed by atoms with Gasteiger partial charge in [-0.2, -0.15) is 0 Å². The first-order valence-electron chi connectivity index (χ1n) is 5.48. The number of methoxy groups -OCH3 is 1. The van der Waals surface area contributed by atoms with Gasteiger partial charge >= 0.3 is 0 Å². The number of ether oxygens (including phenoxy) is 1. The van der Waals surface area contributed by atoms with E-state index < -0.39 is 0 Å². The van der Waals surface area contributed by atoms with Crippen LogP contribution in [0.5, 0.6) is 5.75 Å².